The maximum Gasteiger partial charge on any atom is -0.0259 e. The molecule has 0 fully saturated rings. The van der Waals surface area contributed by atoms with Crippen LogP contribution in [0.1, 0.15) is 27.2 Å². The van der Waals surface area contributed by atoms with Gasteiger partial charge in [0.1, 0.15) is 0 Å². The van der Waals surface area contributed by atoms with Crippen molar-refractivity contribution in [2.24, 2.45) is 0 Å². The molecule has 0 atom stereocenters. The van der Waals surface area contributed by atoms with Crippen molar-refractivity contribution in [3.63, 3.8) is 0 Å². The second-order valence-electron chi connectivity index (χ2n) is 2.92. The van der Waals surface area contributed by atoms with Crippen LogP contribution in [-0.4, -0.2) is 0 Å². The normalized spacial score (nSPS) is 10.3. The Labute approximate surface area is 101 Å². The van der Waals surface area contributed by atoms with E-state index in [1.165, 1.54) is 5.57 Å². The molecule has 0 heterocycles. The van der Waals surface area contributed by atoms with Crippen molar-refractivity contribution >= 4 is 0 Å². The van der Waals surface area contributed by atoms with Crippen LogP contribution in [0.2, 0.25) is 0 Å². The standard InChI is InChI=1S/C14H18.C2H6/c1-6-9-10-12(4)13(5)11-14(7-2)8-3;1-2/h6-7,9-11H,1-2,4-5,8H2,3H3;1-2H3/b10-9-,14-11+;. The predicted octanol–water partition coefficient (Wildman–Crippen LogP) is 5.39. The summed E-state index contributed by atoms with van der Waals surface area (Å²) >= 11 is 0. The summed E-state index contributed by atoms with van der Waals surface area (Å²) in [5, 5.41) is 0. The van der Waals surface area contributed by atoms with Crippen LogP contribution >= 0.6 is 0 Å². The lowest BCUT2D eigenvalue weighted by Crippen LogP contribution is -1.81. The Morgan fingerprint density at radius 2 is 1.62 bits per heavy atom. The summed E-state index contributed by atoms with van der Waals surface area (Å²) in [5.74, 6) is 0. The lowest BCUT2D eigenvalue weighted by atomic mass is 10.0. The van der Waals surface area contributed by atoms with E-state index >= 15 is 0 Å². The van der Waals surface area contributed by atoms with Gasteiger partial charge < -0.3 is 0 Å². The smallest absolute Gasteiger partial charge is 0.0259 e. The molecule has 0 saturated carbocycles. The lowest BCUT2D eigenvalue weighted by Gasteiger charge is -2.01. The highest BCUT2D eigenvalue weighted by Gasteiger charge is 1.93. The quantitative estimate of drug-likeness (QED) is 0.522. The van der Waals surface area contributed by atoms with E-state index in [9.17, 15) is 0 Å². The summed E-state index contributed by atoms with van der Waals surface area (Å²) in [7, 11) is 0. The van der Waals surface area contributed by atoms with E-state index in [-0.39, 0.29) is 0 Å². The zero-order chi connectivity index (χ0) is 13.0. The second-order valence-corrected chi connectivity index (χ2v) is 2.92. The molecule has 0 spiro atoms. The molecule has 88 valence electrons. The molecule has 0 unspecified atom stereocenters. The number of hydrogen-bond acceptors (Lipinski definition) is 0. The first-order valence-electron chi connectivity index (χ1n) is 5.66. The largest absolute Gasteiger partial charge is 0.0991 e. The first-order valence-corrected chi connectivity index (χ1v) is 5.66. The Morgan fingerprint density at radius 1 is 1.06 bits per heavy atom. The van der Waals surface area contributed by atoms with Crippen LogP contribution in [-0.2, 0) is 0 Å². The summed E-state index contributed by atoms with van der Waals surface area (Å²) < 4.78 is 0. The van der Waals surface area contributed by atoms with Gasteiger partial charge in [0.25, 0.3) is 0 Å². The summed E-state index contributed by atoms with van der Waals surface area (Å²) in [6, 6.07) is 0. The molecule has 0 heteroatoms. The Morgan fingerprint density at radius 3 is 2.00 bits per heavy atom. The third-order valence-electron chi connectivity index (χ3n) is 1.88. The fourth-order valence-electron chi connectivity index (χ4n) is 0.913. The van der Waals surface area contributed by atoms with E-state index in [4.69, 9.17) is 0 Å². The Bertz CT molecular complexity index is 298. The molecule has 0 saturated heterocycles. The molecule has 0 aliphatic rings. The molecule has 0 N–H and O–H groups in total. The van der Waals surface area contributed by atoms with Gasteiger partial charge in [-0.2, -0.15) is 0 Å². The van der Waals surface area contributed by atoms with Crippen molar-refractivity contribution in [3.8, 4) is 0 Å². The van der Waals surface area contributed by atoms with Gasteiger partial charge in [0, 0.05) is 0 Å². The summed E-state index contributed by atoms with van der Waals surface area (Å²) in [4.78, 5) is 0. The molecule has 0 nitrogen and oxygen atoms in total. The minimum atomic E-state index is 0.901. The molecule has 0 aromatic rings. The van der Waals surface area contributed by atoms with Gasteiger partial charge in [-0.05, 0) is 23.1 Å². The van der Waals surface area contributed by atoms with Crippen LogP contribution < -0.4 is 0 Å². The van der Waals surface area contributed by atoms with Crippen molar-refractivity contribution in [2.75, 3.05) is 0 Å². The third kappa shape index (κ3) is 7.81. The maximum absolute atomic E-state index is 3.93. The van der Waals surface area contributed by atoms with E-state index < -0.39 is 0 Å². The van der Waals surface area contributed by atoms with Gasteiger partial charge in [0.2, 0.25) is 0 Å². The van der Waals surface area contributed by atoms with Crippen molar-refractivity contribution in [3.05, 3.63) is 73.4 Å². The van der Waals surface area contributed by atoms with E-state index in [0.29, 0.717) is 0 Å². The van der Waals surface area contributed by atoms with Crippen molar-refractivity contribution in [1.29, 1.82) is 0 Å². The monoisotopic (exact) mass is 216 g/mol. The number of rotatable bonds is 6. The van der Waals surface area contributed by atoms with Crippen molar-refractivity contribution in [2.45, 2.75) is 27.2 Å². The molecule has 0 bridgehead atoms. The Hall–Kier alpha value is -1.56. The summed E-state index contributed by atoms with van der Waals surface area (Å²) in [5.41, 5.74) is 2.99. The average Bonchev–Trinajstić information content (AvgIpc) is 2.34. The topological polar surface area (TPSA) is 0 Å². The zero-order valence-electron chi connectivity index (χ0n) is 10.9. The highest BCUT2D eigenvalue weighted by atomic mass is 14.0. The fourth-order valence-corrected chi connectivity index (χ4v) is 0.913. The average molecular weight is 216 g/mol. The number of hydrogen-bond donors (Lipinski definition) is 0. The molecule has 0 aliphatic carbocycles. The molecule has 0 rings (SSSR count). The van der Waals surface area contributed by atoms with Crippen LogP contribution in [0.4, 0.5) is 0 Å². The molecule has 0 aliphatic heterocycles. The fraction of sp³-hybridized carbons (Fsp3) is 0.250. The van der Waals surface area contributed by atoms with E-state index in [1.807, 2.05) is 38.2 Å². The molecular formula is C16H24. The second kappa shape index (κ2) is 11.5. The maximum atomic E-state index is 3.93. The van der Waals surface area contributed by atoms with Crippen LogP contribution in [0, 0.1) is 0 Å². The Kier molecular flexibility index (Phi) is 12.1. The zero-order valence-corrected chi connectivity index (χ0v) is 10.9. The van der Waals surface area contributed by atoms with Gasteiger partial charge in [-0.25, -0.2) is 0 Å². The molecule has 0 radical (unpaired) electrons. The van der Waals surface area contributed by atoms with E-state index in [0.717, 1.165) is 17.6 Å². The predicted molar refractivity (Wildman–Crippen MR) is 77.5 cm³/mol. The first kappa shape index (κ1) is 16.9. The minimum Gasteiger partial charge on any atom is -0.0991 e. The van der Waals surface area contributed by atoms with E-state index in [2.05, 4.69) is 33.2 Å². The molecule has 16 heavy (non-hydrogen) atoms. The molecule has 0 aromatic heterocycles. The molecule has 0 aromatic carbocycles. The van der Waals surface area contributed by atoms with Crippen molar-refractivity contribution < 1.29 is 0 Å². The Balaban J connectivity index is 0. The third-order valence-corrected chi connectivity index (χ3v) is 1.88. The highest BCUT2D eigenvalue weighted by molar-refractivity contribution is 5.45. The minimum absolute atomic E-state index is 0.901. The van der Waals surface area contributed by atoms with Gasteiger partial charge in [0.15, 0.2) is 0 Å². The van der Waals surface area contributed by atoms with Gasteiger partial charge in [-0.3, -0.25) is 0 Å². The molecule has 0 amide bonds. The SMILES string of the molecule is C=C/C=C\C(=C)C(=C)/C=C(\C=C)CC.CC. The van der Waals surface area contributed by atoms with Crippen LogP contribution in [0.5, 0.6) is 0 Å². The van der Waals surface area contributed by atoms with Crippen LogP contribution in [0.3, 0.4) is 0 Å². The lowest BCUT2D eigenvalue weighted by molar-refractivity contribution is 1.15. The molecular weight excluding hydrogens is 192 g/mol. The van der Waals surface area contributed by atoms with E-state index in [1.54, 1.807) is 6.08 Å². The van der Waals surface area contributed by atoms with Gasteiger partial charge in [-0.1, -0.05) is 77.5 Å². The van der Waals surface area contributed by atoms with Crippen LogP contribution in [0.25, 0.3) is 0 Å². The summed E-state index contributed by atoms with van der Waals surface area (Å²) in [6.07, 6.45) is 10.3. The van der Waals surface area contributed by atoms with Crippen LogP contribution in [0.15, 0.2) is 73.4 Å². The first-order chi connectivity index (χ1) is 7.65. The van der Waals surface area contributed by atoms with Gasteiger partial charge >= 0.3 is 0 Å². The summed E-state index contributed by atoms with van der Waals surface area (Å²) in [6.45, 7) is 21.3. The van der Waals surface area contributed by atoms with Gasteiger partial charge in [-0.15, -0.1) is 0 Å². The van der Waals surface area contributed by atoms with Crippen molar-refractivity contribution in [1.82, 2.24) is 0 Å². The van der Waals surface area contributed by atoms with Gasteiger partial charge in [0.05, 0.1) is 0 Å². The number of allylic oxidation sites excluding steroid dienone is 8. The highest BCUT2D eigenvalue weighted by Crippen LogP contribution is 2.13.